The number of pyridine rings is 1. The Bertz CT molecular complexity index is 895. The smallest absolute Gasteiger partial charge is 0.269 e. The molecule has 1 aliphatic carbocycles. The molecule has 0 saturated heterocycles. The van der Waals surface area contributed by atoms with Gasteiger partial charge in [0.25, 0.3) is 5.56 Å². The maximum absolute atomic E-state index is 12.8. The molecule has 2 heterocycles. The predicted molar refractivity (Wildman–Crippen MR) is 107 cm³/mol. The molecule has 0 bridgehead atoms. The van der Waals surface area contributed by atoms with E-state index in [0.717, 1.165) is 43.6 Å². The predicted octanol–water partition coefficient (Wildman–Crippen LogP) is 2.11. The van der Waals surface area contributed by atoms with Crippen molar-refractivity contribution < 1.29 is 13.2 Å². The molecule has 0 spiro atoms. The van der Waals surface area contributed by atoms with Crippen LogP contribution in [0.3, 0.4) is 0 Å². The molecule has 1 aromatic rings. The molecular weight excluding hydrogens is 378 g/mol. The van der Waals surface area contributed by atoms with Crippen molar-refractivity contribution in [2.24, 2.45) is 5.92 Å². The summed E-state index contributed by atoms with van der Waals surface area (Å²) in [7, 11) is -3.43. The molecule has 1 aromatic heterocycles. The molecule has 1 N–H and O–H groups in total. The van der Waals surface area contributed by atoms with Crippen LogP contribution >= 0.6 is 0 Å². The molecule has 1 aliphatic heterocycles. The van der Waals surface area contributed by atoms with Gasteiger partial charge in [0.1, 0.15) is 11.6 Å². The van der Waals surface area contributed by atoms with Gasteiger partial charge in [0.15, 0.2) is 0 Å². The topological polar surface area (TPSA) is 101 Å². The Morgan fingerprint density at radius 2 is 1.96 bits per heavy atom. The quantitative estimate of drug-likeness (QED) is 0.778. The van der Waals surface area contributed by atoms with Crippen molar-refractivity contribution in [1.29, 1.82) is 5.26 Å². The van der Waals surface area contributed by atoms with E-state index in [4.69, 9.17) is 4.74 Å². The minimum atomic E-state index is -3.43. The van der Waals surface area contributed by atoms with E-state index in [-0.39, 0.29) is 23.8 Å². The number of hydrogen-bond donors (Lipinski definition) is 1. The molecule has 8 heteroatoms. The lowest BCUT2D eigenvalue weighted by atomic mass is 9.86. The summed E-state index contributed by atoms with van der Waals surface area (Å²) in [4.78, 5) is 12.8. The first kappa shape index (κ1) is 21.0. The van der Waals surface area contributed by atoms with Crippen molar-refractivity contribution in [2.45, 2.75) is 70.1 Å². The molecule has 2 aliphatic rings. The molecule has 0 aromatic carbocycles. The van der Waals surface area contributed by atoms with Crippen LogP contribution in [0.25, 0.3) is 0 Å². The van der Waals surface area contributed by atoms with Crippen molar-refractivity contribution in [1.82, 2.24) is 9.29 Å². The van der Waals surface area contributed by atoms with E-state index in [1.165, 1.54) is 6.42 Å². The molecule has 154 valence electrons. The minimum Gasteiger partial charge on any atom is -0.376 e. The Labute approximate surface area is 166 Å². The molecule has 7 nitrogen and oxygen atoms in total. The highest BCUT2D eigenvalue weighted by atomic mass is 32.2. The first-order valence-corrected chi connectivity index (χ1v) is 11.9. The third-order valence-corrected chi connectivity index (χ3v) is 6.80. The average molecular weight is 408 g/mol. The lowest BCUT2D eigenvalue weighted by molar-refractivity contribution is -0.00692. The number of nitriles is 1. The summed E-state index contributed by atoms with van der Waals surface area (Å²) >= 11 is 0. The Hall–Kier alpha value is -1.69. The highest BCUT2D eigenvalue weighted by Gasteiger charge is 2.34. The van der Waals surface area contributed by atoms with Crippen molar-refractivity contribution >= 4 is 10.0 Å². The summed E-state index contributed by atoms with van der Waals surface area (Å²) in [5, 5.41) is 9.23. The number of ether oxygens (including phenoxy) is 1. The number of aryl methyl sites for hydroxylation is 1. The van der Waals surface area contributed by atoms with E-state index in [1.54, 1.807) is 16.7 Å². The lowest BCUT2D eigenvalue weighted by Gasteiger charge is -2.36. The van der Waals surface area contributed by atoms with Gasteiger partial charge in [0, 0.05) is 11.7 Å². The summed E-state index contributed by atoms with van der Waals surface area (Å²) in [6.45, 7) is 2.47. The fourth-order valence-corrected chi connectivity index (χ4v) is 5.29. The van der Waals surface area contributed by atoms with Crippen LogP contribution in [0.1, 0.15) is 62.7 Å². The molecule has 1 fully saturated rings. The molecule has 1 saturated carbocycles. The van der Waals surface area contributed by atoms with Gasteiger partial charge >= 0.3 is 0 Å². The van der Waals surface area contributed by atoms with Gasteiger partial charge in [-0.2, -0.15) is 5.26 Å². The maximum Gasteiger partial charge on any atom is 0.269 e. The van der Waals surface area contributed by atoms with E-state index < -0.39 is 22.1 Å². The first-order valence-electron chi connectivity index (χ1n) is 10.1. The summed E-state index contributed by atoms with van der Waals surface area (Å²) in [5.41, 5.74) is 0.513. The van der Waals surface area contributed by atoms with E-state index in [0.29, 0.717) is 12.8 Å². The van der Waals surface area contributed by atoms with Crippen molar-refractivity contribution in [2.75, 3.05) is 12.9 Å². The van der Waals surface area contributed by atoms with Crippen LogP contribution in [0.5, 0.6) is 0 Å². The van der Waals surface area contributed by atoms with Gasteiger partial charge in [0.2, 0.25) is 10.0 Å². The monoisotopic (exact) mass is 407 g/mol. The third kappa shape index (κ3) is 4.83. The maximum atomic E-state index is 12.8. The second-order valence-corrected chi connectivity index (χ2v) is 9.79. The van der Waals surface area contributed by atoms with Crippen LogP contribution in [-0.2, 0) is 21.2 Å². The van der Waals surface area contributed by atoms with Gasteiger partial charge in [-0.1, -0.05) is 13.3 Å². The number of hydrogen-bond acceptors (Lipinski definition) is 5. The number of nitrogens with zero attached hydrogens (tertiary/aromatic N) is 2. The number of aromatic nitrogens is 1. The van der Waals surface area contributed by atoms with Crippen LogP contribution in [0.15, 0.2) is 16.9 Å². The normalized spacial score (nSPS) is 27.8. The van der Waals surface area contributed by atoms with Crippen LogP contribution in [0.2, 0.25) is 0 Å². The zero-order valence-electron chi connectivity index (χ0n) is 16.6. The van der Waals surface area contributed by atoms with Gasteiger partial charge in [-0.25, -0.2) is 13.1 Å². The highest BCUT2D eigenvalue weighted by Crippen LogP contribution is 2.30. The molecule has 2 unspecified atom stereocenters. The number of rotatable bonds is 6. The summed E-state index contributed by atoms with van der Waals surface area (Å²) < 4.78 is 34.1. The molecule has 0 radical (unpaired) electrons. The molecule has 3 rings (SSSR count). The number of sulfonamides is 1. The average Bonchev–Trinajstić information content (AvgIpc) is 2.66. The second-order valence-electron chi connectivity index (χ2n) is 8.01. The van der Waals surface area contributed by atoms with Crippen molar-refractivity contribution in [3.05, 3.63) is 33.7 Å². The highest BCUT2D eigenvalue weighted by molar-refractivity contribution is 7.88. The van der Waals surface area contributed by atoms with Crippen LogP contribution in [0.4, 0.5) is 0 Å². The van der Waals surface area contributed by atoms with E-state index >= 15 is 0 Å². The molecule has 0 amide bonds. The van der Waals surface area contributed by atoms with Gasteiger partial charge in [-0.05, 0) is 56.6 Å². The minimum absolute atomic E-state index is 0.0669. The van der Waals surface area contributed by atoms with Gasteiger partial charge < -0.3 is 9.30 Å². The van der Waals surface area contributed by atoms with E-state index in [9.17, 15) is 18.5 Å². The standard InChI is InChI=1S/C20H29N3O4S/c1-3-14-4-9-17(10-5-14)27-13-19-18(22-28(2,25)26)11-8-16-7-6-15(12-21)20(24)23(16)19/h6-7,14,17-19,22H,3-5,8-11,13H2,1-2H3. The number of nitrogens with one attached hydrogen (secondary N) is 1. The zero-order valence-corrected chi connectivity index (χ0v) is 17.4. The van der Waals surface area contributed by atoms with Crippen LogP contribution in [0, 0.1) is 17.2 Å². The summed E-state index contributed by atoms with van der Waals surface area (Å²) in [6, 6.07) is 4.38. The fourth-order valence-electron chi connectivity index (χ4n) is 4.46. The Morgan fingerprint density at radius 3 is 2.57 bits per heavy atom. The third-order valence-electron chi connectivity index (χ3n) is 6.07. The Morgan fingerprint density at radius 1 is 1.25 bits per heavy atom. The molecule has 28 heavy (non-hydrogen) atoms. The first-order chi connectivity index (χ1) is 13.3. The van der Waals surface area contributed by atoms with Crippen molar-refractivity contribution in [3.63, 3.8) is 0 Å². The van der Waals surface area contributed by atoms with Gasteiger partial charge in [-0.3, -0.25) is 4.79 Å². The molecular formula is C20H29N3O4S. The summed E-state index contributed by atoms with van der Waals surface area (Å²) in [5.74, 6) is 0.760. The van der Waals surface area contributed by atoms with E-state index in [2.05, 4.69) is 11.6 Å². The molecule has 2 atom stereocenters. The van der Waals surface area contributed by atoms with E-state index in [1.807, 2.05) is 6.07 Å². The van der Waals surface area contributed by atoms with Crippen molar-refractivity contribution in [3.8, 4) is 6.07 Å². The number of fused-ring (bicyclic) bond motifs is 1. The SMILES string of the molecule is CCC1CCC(OCC2C(NS(C)(=O)=O)CCc3ccc(C#N)c(=O)n32)CC1. The fraction of sp³-hybridized carbons (Fsp3) is 0.700. The Balaban J connectivity index is 1.83. The van der Waals surface area contributed by atoms with Gasteiger partial charge in [-0.15, -0.1) is 0 Å². The van der Waals surface area contributed by atoms with Crippen LogP contribution < -0.4 is 10.3 Å². The van der Waals surface area contributed by atoms with Crippen LogP contribution in [-0.4, -0.2) is 38.0 Å². The lowest BCUT2D eigenvalue weighted by Crippen LogP contribution is -2.49. The largest absolute Gasteiger partial charge is 0.376 e. The summed E-state index contributed by atoms with van der Waals surface area (Å²) in [6.07, 6.45) is 7.90. The Kier molecular flexibility index (Phi) is 6.58. The van der Waals surface area contributed by atoms with Gasteiger partial charge in [0.05, 0.1) is 25.0 Å². The zero-order chi connectivity index (χ0) is 20.3. The second kappa shape index (κ2) is 8.76.